The number of sulfonamides is 1. The van der Waals surface area contributed by atoms with Gasteiger partial charge in [0.25, 0.3) is 0 Å². The molecule has 3 N–H and O–H groups in total. The van der Waals surface area contributed by atoms with Gasteiger partial charge in [-0.05, 0) is 36.8 Å². The largest absolute Gasteiger partial charge is 0.335 e. The van der Waals surface area contributed by atoms with E-state index in [1.54, 1.807) is 31.2 Å². The number of amides is 1. The van der Waals surface area contributed by atoms with Crippen LogP contribution in [0.5, 0.6) is 0 Å². The number of benzene rings is 2. The summed E-state index contributed by atoms with van der Waals surface area (Å²) in [6, 6.07) is 10.6. The van der Waals surface area contributed by atoms with Crippen molar-refractivity contribution < 1.29 is 17.6 Å². The van der Waals surface area contributed by atoms with Gasteiger partial charge in [0.1, 0.15) is 5.82 Å². The number of hydrogen-bond acceptors (Lipinski definition) is 7. The zero-order valence-electron chi connectivity index (χ0n) is 17.0. The Labute approximate surface area is 183 Å². The van der Waals surface area contributed by atoms with E-state index >= 15 is 0 Å². The lowest BCUT2D eigenvalue weighted by molar-refractivity contribution is -0.113. The van der Waals surface area contributed by atoms with Crippen LogP contribution in [-0.2, 0) is 14.8 Å². The number of aryl methyl sites for hydroxylation is 1. The molecule has 0 fully saturated rings. The highest BCUT2D eigenvalue weighted by atomic mass is 32.2. The van der Waals surface area contributed by atoms with Crippen molar-refractivity contribution in [1.29, 1.82) is 0 Å². The zero-order chi connectivity index (χ0) is 22.8. The Morgan fingerprint density at radius 2 is 1.97 bits per heavy atom. The number of nitrogens with one attached hydrogen (secondary N) is 1. The summed E-state index contributed by atoms with van der Waals surface area (Å²) in [6.07, 6.45) is 0. The molecule has 0 atom stereocenters. The molecule has 0 aliphatic rings. The van der Waals surface area contributed by atoms with Gasteiger partial charge in [-0.3, -0.25) is 4.79 Å². The summed E-state index contributed by atoms with van der Waals surface area (Å²) in [5.74, 6) is 5.51. The minimum absolute atomic E-state index is 0.0279. The Morgan fingerprint density at radius 3 is 2.65 bits per heavy atom. The lowest BCUT2D eigenvalue weighted by Crippen LogP contribution is -2.22. The van der Waals surface area contributed by atoms with E-state index in [1.165, 1.54) is 37.0 Å². The smallest absolute Gasteiger partial charge is 0.242 e. The maximum Gasteiger partial charge on any atom is 0.242 e. The molecule has 2 aromatic carbocycles. The molecule has 1 heterocycles. The van der Waals surface area contributed by atoms with Crippen molar-refractivity contribution in [3.63, 3.8) is 0 Å². The molecule has 0 spiro atoms. The molecule has 0 aliphatic heterocycles. The summed E-state index contributed by atoms with van der Waals surface area (Å²) < 4.78 is 40.6. The van der Waals surface area contributed by atoms with Crippen molar-refractivity contribution in [2.45, 2.75) is 17.0 Å². The number of carbonyl (C=O) groups excluding carboxylic acids is 1. The van der Waals surface area contributed by atoms with Crippen LogP contribution in [0.25, 0.3) is 11.4 Å². The van der Waals surface area contributed by atoms with Gasteiger partial charge in [0, 0.05) is 25.3 Å². The molecule has 0 unspecified atom stereocenters. The van der Waals surface area contributed by atoms with Crippen LogP contribution < -0.4 is 11.2 Å². The van der Waals surface area contributed by atoms with Crippen molar-refractivity contribution in [2.75, 3.05) is 31.0 Å². The van der Waals surface area contributed by atoms with Gasteiger partial charge in [0.15, 0.2) is 5.82 Å². The van der Waals surface area contributed by atoms with E-state index in [0.717, 1.165) is 16.1 Å². The number of nitrogens with two attached hydrogens (primary N) is 1. The van der Waals surface area contributed by atoms with Crippen LogP contribution in [0.2, 0.25) is 0 Å². The number of aromatic nitrogens is 3. The second-order valence-corrected chi connectivity index (χ2v) is 9.89. The molecule has 0 bridgehead atoms. The summed E-state index contributed by atoms with van der Waals surface area (Å²) in [7, 11) is -0.735. The van der Waals surface area contributed by atoms with Crippen LogP contribution in [0.1, 0.15) is 5.56 Å². The number of halogens is 1. The van der Waals surface area contributed by atoms with E-state index in [-0.39, 0.29) is 27.5 Å². The molecule has 3 aromatic rings. The number of anilines is 1. The monoisotopic (exact) mass is 464 g/mol. The first-order chi connectivity index (χ1) is 14.6. The Balaban J connectivity index is 1.72. The molecule has 0 radical (unpaired) electrons. The predicted octanol–water partition coefficient (Wildman–Crippen LogP) is 2.09. The Bertz CT molecular complexity index is 1230. The van der Waals surface area contributed by atoms with E-state index in [0.29, 0.717) is 16.8 Å². The zero-order valence-corrected chi connectivity index (χ0v) is 18.7. The molecule has 12 heteroatoms. The van der Waals surface area contributed by atoms with Gasteiger partial charge in [0.2, 0.25) is 21.1 Å². The van der Waals surface area contributed by atoms with Crippen LogP contribution in [0.4, 0.5) is 10.1 Å². The fraction of sp³-hybridized carbons (Fsp3) is 0.211. The van der Waals surface area contributed by atoms with E-state index in [4.69, 9.17) is 5.84 Å². The first-order valence-corrected chi connectivity index (χ1v) is 11.4. The van der Waals surface area contributed by atoms with E-state index in [9.17, 15) is 17.6 Å². The molecular formula is C19H21FN6O3S2. The van der Waals surface area contributed by atoms with Crippen LogP contribution in [0.15, 0.2) is 52.5 Å². The highest BCUT2D eigenvalue weighted by molar-refractivity contribution is 7.99. The standard InChI is InChI=1S/C19H21FN6O3S2/c1-12-7-8-14(10-16(12)20)22-17(27)11-30-19-24-23-18(26(19)21)13-5-4-6-15(9-13)31(28,29)25(2)3/h4-10H,11,21H2,1-3H3,(H,22,27). The molecule has 3 rings (SSSR count). The van der Waals surface area contributed by atoms with Gasteiger partial charge in [-0.15, -0.1) is 10.2 Å². The normalized spacial score (nSPS) is 11.6. The topological polar surface area (TPSA) is 123 Å². The lowest BCUT2D eigenvalue weighted by atomic mass is 10.2. The first kappa shape index (κ1) is 22.7. The number of nitrogen functional groups attached to an aromatic ring is 1. The number of carbonyl (C=O) groups is 1. The molecule has 0 saturated carbocycles. The first-order valence-electron chi connectivity index (χ1n) is 9.02. The van der Waals surface area contributed by atoms with E-state index < -0.39 is 15.8 Å². The molecular weight excluding hydrogens is 443 g/mol. The summed E-state index contributed by atoms with van der Waals surface area (Å²) in [5.41, 5.74) is 1.30. The SMILES string of the molecule is Cc1ccc(NC(=O)CSc2nnc(-c3cccc(S(=O)(=O)N(C)C)c3)n2N)cc1F. The van der Waals surface area contributed by atoms with Gasteiger partial charge < -0.3 is 11.2 Å². The number of nitrogens with zero attached hydrogens (tertiary/aromatic N) is 4. The average molecular weight is 465 g/mol. The number of hydrogen-bond donors (Lipinski definition) is 2. The fourth-order valence-corrected chi connectivity index (χ4v) is 4.18. The third kappa shape index (κ3) is 5.03. The molecule has 164 valence electrons. The summed E-state index contributed by atoms with van der Waals surface area (Å²) >= 11 is 1.04. The average Bonchev–Trinajstić information content (AvgIpc) is 3.09. The molecule has 31 heavy (non-hydrogen) atoms. The van der Waals surface area contributed by atoms with Gasteiger partial charge in [-0.25, -0.2) is 21.8 Å². The van der Waals surface area contributed by atoms with Gasteiger partial charge >= 0.3 is 0 Å². The maximum absolute atomic E-state index is 13.6. The van der Waals surface area contributed by atoms with Gasteiger partial charge in [-0.1, -0.05) is 30.0 Å². The van der Waals surface area contributed by atoms with Crippen molar-refractivity contribution in [3.8, 4) is 11.4 Å². The van der Waals surface area contributed by atoms with Gasteiger partial charge in [-0.2, -0.15) is 0 Å². The number of rotatable bonds is 7. The Hall–Kier alpha value is -2.96. The predicted molar refractivity (Wildman–Crippen MR) is 117 cm³/mol. The number of thioether (sulfide) groups is 1. The third-order valence-electron chi connectivity index (χ3n) is 4.32. The Morgan fingerprint density at radius 1 is 1.23 bits per heavy atom. The highest BCUT2D eigenvalue weighted by Crippen LogP contribution is 2.25. The van der Waals surface area contributed by atoms with Crippen LogP contribution in [-0.4, -0.2) is 53.4 Å². The second-order valence-electron chi connectivity index (χ2n) is 6.79. The quantitative estimate of drug-likeness (QED) is 0.405. The molecule has 0 aliphatic carbocycles. The molecule has 9 nitrogen and oxygen atoms in total. The minimum Gasteiger partial charge on any atom is -0.335 e. The van der Waals surface area contributed by atoms with Crippen molar-refractivity contribution >= 4 is 33.4 Å². The summed E-state index contributed by atoms with van der Waals surface area (Å²) in [6.45, 7) is 1.63. The molecule has 1 aromatic heterocycles. The summed E-state index contributed by atoms with van der Waals surface area (Å²) in [5, 5.41) is 10.9. The summed E-state index contributed by atoms with van der Waals surface area (Å²) in [4.78, 5) is 12.3. The van der Waals surface area contributed by atoms with Crippen molar-refractivity contribution in [2.24, 2.45) is 0 Å². The molecule has 1 amide bonds. The highest BCUT2D eigenvalue weighted by Gasteiger charge is 2.20. The Kier molecular flexibility index (Phi) is 6.62. The van der Waals surface area contributed by atoms with Crippen LogP contribution in [0.3, 0.4) is 0 Å². The van der Waals surface area contributed by atoms with Crippen molar-refractivity contribution in [1.82, 2.24) is 19.2 Å². The van der Waals surface area contributed by atoms with E-state index in [1.807, 2.05) is 0 Å². The van der Waals surface area contributed by atoms with E-state index in [2.05, 4.69) is 15.5 Å². The second kappa shape index (κ2) is 9.04. The van der Waals surface area contributed by atoms with Crippen LogP contribution >= 0.6 is 11.8 Å². The van der Waals surface area contributed by atoms with Crippen LogP contribution in [0, 0.1) is 12.7 Å². The molecule has 0 saturated heterocycles. The fourth-order valence-electron chi connectivity index (χ4n) is 2.58. The lowest BCUT2D eigenvalue weighted by Gasteiger charge is -2.12. The third-order valence-corrected chi connectivity index (χ3v) is 7.08. The maximum atomic E-state index is 13.6. The van der Waals surface area contributed by atoms with Gasteiger partial charge in [0.05, 0.1) is 10.6 Å². The van der Waals surface area contributed by atoms with Crippen molar-refractivity contribution in [3.05, 3.63) is 53.8 Å². The minimum atomic E-state index is -3.62.